The molecule has 0 bridgehead atoms. The Balaban J connectivity index is 2.30. The lowest BCUT2D eigenvalue weighted by Crippen LogP contribution is -1.77. The van der Waals surface area contributed by atoms with Gasteiger partial charge >= 0.3 is 0 Å². The van der Waals surface area contributed by atoms with E-state index in [2.05, 4.69) is 0 Å². The fraction of sp³-hybridized carbons (Fsp3) is 0. The molecule has 0 saturated heterocycles. The van der Waals surface area contributed by atoms with E-state index in [1.807, 2.05) is 42.5 Å². The highest BCUT2D eigenvalue weighted by molar-refractivity contribution is 5.65. The van der Waals surface area contributed by atoms with E-state index in [-0.39, 0.29) is 0 Å². The minimum Gasteiger partial charge on any atom is -0.173 e. The molecule has 2 rings (SSSR count). The number of rotatable bonds is 2. The molecule has 16 heavy (non-hydrogen) atoms. The van der Waals surface area contributed by atoms with Crippen LogP contribution in [0.3, 0.4) is 0 Å². The number of hydrogen-bond donors (Lipinski definition) is 0. The van der Waals surface area contributed by atoms with Crippen LogP contribution < -0.4 is 0 Å². The van der Waals surface area contributed by atoms with Crippen molar-refractivity contribution in [1.82, 2.24) is 0 Å². The van der Waals surface area contributed by atoms with Gasteiger partial charge < -0.3 is 0 Å². The molecular formula is C14H10F2. The molecule has 0 amide bonds. The first-order valence-corrected chi connectivity index (χ1v) is 4.94. The van der Waals surface area contributed by atoms with Gasteiger partial charge in [0, 0.05) is 6.08 Å². The summed E-state index contributed by atoms with van der Waals surface area (Å²) in [5, 5.41) is 0. The topological polar surface area (TPSA) is 0 Å². The van der Waals surface area contributed by atoms with Gasteiger partial charge in [-0.2, -0.15) is 8.78 Å². The molecule has 0 nitrogen and oxygen atoms in total. The first-order valence-electron chi connectivity index (χ1n) is 4.94. The molecule has 0 N–H and O–H groups in total. The normalized spacial score (nSPS) is 9.88. The maximum atomic E-state index is 12.0. The van der Waals surface area contributed by atoms with Crippen LogP contribution in [0.5, 0.6) is 0 Å². The lowest BCUT2D eigenvalue weighted by atomic mass is 10.0. The molecule has 0 spiro atoms. The van der Waals surface area contributed by atoms with Crippen LogP contribution >= 0.6 is 0 Å². The van der Waals surface area contributed by atoms with E-state index in [1.165, 1.54) is 0 Å². The largest absolute Gasteiger partial charge is 0.270 e. The van der Waals surface area contributed by atoms with E-state index in [1.54, 1.807) is 12.1 Å². The van der Waals surface area contributed by atoms with Crippen molar-refractivity contribution in [3.63, 3.8) is 0 Å². The Morgan fingerprint density at radius 3 is 1.88 bits per heavy atom. The molecule has 0 aliphatic heterocycles. The minimum atomic E-state index is -1.67. The second kappa shape index (κ2) is 4.71. The van der Waals surface area contributed by atoms with E-state index in [4.69, 9.17) is 0 Å². The molecule has 0 aliphatic carbocycles. The van der Waals surface area contributed by atoms with E-state index >= 15 is 0 Å². The molecule has 2 aromatic carbocycles. The van der Waals surface area contributed by atoms with Crippen LogP contribution in [-0.2, 0) is 0 Å². The quantitative estimate of drug-likeness (QED) is 0.688. The molecule has 0 atom stereocenters. The Morgan fingerprint density at radius 2 is 1.31 bits per heavy atom. The maximum absolute atomic E-state index is 12.0. The third-order valence-electron chi connectivity index (χ3n) is 2.29. The SMILES string of the molecule is FC(F)=Cc1ccc(-c2ccccc2)cc1. The highest BCUT2D eigenvalue weighted by Gasteiger charge is 1.97. The smallest absolute Gasteiger partial charge is 0.173 e. The van der Waals surface area contributed by atoms with Gasteiger partial charge in [-0.05, 0) is 16.7 Å². The van der Waals surface area contributed by atoms with E-state index in [9.17, 15) is 8.78 Å². The molecule has 2 heteroatoms. The summed E-state index contributed by atoms with van der Waals surface area (Å²) in [6.07, 6.45) is -0.818. The Labute approximate surface area is 92.9 Å². The summed E-state index contributed by atoms with van der Waals surface area (Å²) in [6, 6.07) is 16.9. The van der Waals surface area contributed by atoms with Gasteiger partial charge in [0.1, 0.15) is 0 Å². The average Bonchev–Trinajstić information content (AvgIpc) is 2.30. The molecule has 0 radical (unpaired) electrons. The van der Waals surface area contributed by atoms with Crippen molar-refractivity contribution < 1.29 is 8.78 Å². The Morgan fingerprint density at radius 1 is 0.750 bits per heavy atom. The summed E-state index contributed by atoms with van der Waals surface area (Å²) in [5.74, 6) is 0. The Hall–Kier alpha value is -1.96. The summed E-state index contributed by atoms with van der Waals surface area (Å²) >= 11 is 0. The first kappa shape index (κ1) is 10.6. The Kier molecular flexibility index (Phi) is 3.10. The summed E-state index contributed by atoms with van der Waals surface area (Å²) in [6.45, 7) is 0. The van der Waals surface area contributed by atoms with Crippen LogP contribution in [0.1, 0.15) is 5.56 Å². The summed E-state index contributed by atoms with van der Waals surface area (Å²) in [5.41, 5.74) is 2.62. The molecule has 2 aromatic rings. The number of hydrogen-bond acceptors (Lipinski definition) is 0. The molecule has 0 aliphatic rings. The highest BCUT2D eigenvalue weighted by atomic mass is 19.3. The predicted octanol–water partition coefficient (Wildman–Crippen LogP) is 4.59. The Bertz CT molecular complexity index is 480. The number of halogens is 2. The van der Waals surface area contributed by atoms with Crippen molar-refractivity contribution in [3.8, 4) is 11.1 Å². The lowest BCUT2D eigenvalue weighted by Gasteiger charge is -2.01. The molecule has 80 valence electrons. The van der Waals surface area contributed by atoms with Crippen LogP contribution in [-0.4, -0.2) is 0 Å². The zero-order valence-corrected chi connectivity index (χ0v) is 8.53. The zero-order chi connectivity index (χ0) is 11.4. The maximum Gasteiger partial charge on any atom is 0.270 e. The van der Waals surface area contributed by atoms with Crippen LogP contribution in [0.2, 0.25) is 0 Å². The monoisotopic (exact) mass is 216 g/mol. The van der Waals surface area contributed by atoms with Crippen molar-refractivity contribution in [2.45, 2.75) is 0 Å². The van der Waals surface area contributed by atoms with Gasteiger partial charge in [0.05, 0.1) is 0 Å². The van der Waals surface area contributed by atoms with Gasteiger partial charge in [-0.15, -0.1) is 0 Å². The van der Waals surface area contributed by atoms with Gasteiger partial charge in [0.2, 0.25) is 0 Å². The molecule has 0 heterocycles. The third-order valence-corrected chi connectivity index (χ3v) is 2.29. The van der Waals surface area contributed by atoms with E-state index in [0.717, 1.165) is 17.2 Å². The summed E-state index contributed by atoms with van der Waals surface area (Å²) in [4.78, 5) is 0. The number of benzene rings is 2. The predicted molar refractivity (Wildman–Crippen MR) is 62.1 cm³/mol. The standard InChI is InChI=1S/C14H10F2/c15-14(16)10-11-6-8-13(9-7-11)12-4-2-1-3-5-12/h1-10H. The first-order chi connectivity index (χ1) is 7.75. The minimum absolute atomic E-state index is 0.514. The molecule has 0 fully saturated rings. The second-order valence-electron chi connectivity index (χ2n) is 3.42. The molecule has 0 aromatic heterocycles. The van der Waals surface area contributed by atoms with Gasteiger partial charge in [0.25, 0.3) is 6.08 Å². The fourth-order valence-corrected chi connectivity index (χ4v) is 1.53. The third kappa shape index (κ3) is 2.54. The highest BCUT2D eigenvalue weighted by Crippen LogP contribution is 2.20. The van der Waals surface area contributed by atoms with E-state index < -0.39 is 6.08 Å². The van der Waals surface area contributed by atoms with Gasteiger partial charge in [0.15, 0.2) is 0 Å². The van der Waals surface area contributed by atoms with Crippen molar-refractivity contribution in [2.75, 3.05) is 0 Å². The van der Waals surface area contributed by atoms with Crippen molar-refractivity contribution in [3.05, 3.63) is 66.2 Å². The molecule has 0 saturated carbocycles. The molecular weight excluding hydrogens is 206 g/mol. The van der Waals surface area contributed by atoms with Crippen LogP contribution in [0, 0.1) is 0 Å². The van der Waals surface area contributed by atoms with Crippen LogP contribution in [0.15, 0.2) is 60.7 Å². The van der Waals surface area contributed by atoms with Crippen LogP contribution in [0.4, 0.5) is 8.78 Å². The van der Waals surface area contributed by atoms with Crippen LogP contribution in [0.25, 0.3) is 17.2 Å². The van der Waals surface area contributed by atoms with E-state index in [0.29, 0.717) is 5.56 Å². The van der Waals surface area contributed by atoms with Crippen molar-refractivity contribution in [2.24, 2.45) is 0 Å². The van der Waals surface area contributed by atoms with Gasteiger partial charge in [-0.3, -0.25) is 0 Å². The van der Waals surface area contributed by atoms with Crippen molar-refractivity contribution in [1.29, 1.82) is 0 Å². The fourth-order valence-electron chi connectivity index (χ4n) is 1.53. The summed E-state index contributed by atoms with van der Waals surface area (Å²) < 4.78 is 24.0. The van der Waals surface area contributed by atoms with Gasteiger partial charge in [-0.25, -0.2) is 0 Å². The van der Waals surface area contributed by atoms with Gasteiger partial charge in [-0.1, -0.05) is 54.6 Å². The second-order valence-corrected chi connectivity index (χ2v) is 3.42. The molecule has 0 unspecified atom stereocenters. The zero-order valence-electron chi connectivity index (χ0n) is 8.53. The van der Waals surface area contributed by atoms with Crippen molar-refractivity contribution >= 4 is 6.08 Å². The summed E-state index contributed by atoms with van der Waals surface area (Å²) in [7, 11) is 0. The lowest BCUT2D eigenvalue weighted by molar-refractivity contribution is 0.429. The average molecular weight is 216 g/mol.